The second kappa shape index (κ2) is 8.37. The van der Waals surface area contributed by atoms with Crippen molar-refractivity contribution in [2.24, 2.45) is 5.92 Å². The van der Waals surface area contributed by atoms with E-state index in [9.17, 15) is 19.7 Å². The van der Waals surface area contributed by atoms with Gasteiger partial charge in [0.15, 0.2) is 0 Å². The number of nitrogens with zero attached hydrogens (tertiary/aromatic N) is 4. The average Bonchev–Trinajstić information content (AvgIpc) is 2.67. The van der Waals surface area contributed by atoms with E-state index >= 15 is 0 Å². The minimum Gasteiger partial charge on any atom is -0.353 e. The molecule has 0 saturated carbocycles. The van der Waals surface area contributed by atoms with Crippen molar-refractivity contribution in [1.29, 1.82) is 0 Å². The molecule has 1 saturated heterocycles. The lowest BCUT2D eigenvalue weighted by Crippen LogP contribution is -2.46. The number of aromatic nitrogens is 2. The Morgan fingerprint density at radius 2 is 2.25 bits per heavy atom. The van der Waals surface area contributed by atoms with Gasteiger partial charge in [0.25, 0.3) is 0 Å². The molecule has 2 aromatic rings. The first kappa shape index (κ1) is 19.8. The number of anilines is 1. The molecule has 2 aromatic heterocycles. The monoisotopic (exact) mass is 387 g/mol. The van der Waals surface area contributed by atoms with Crippen molar-refractivity contribution in [3.05, 3.63) is 44.9 Å². The number of hydrogen-bond donors (Lipinski definition) is 1. The molecule has 9 nitrogen and oxygen atoms in total. The maximum absolute atomic E-state index is 12.6. The van der Waals surface area contributed by atoms with Gasteiger partial charge in [-0.3, -0.25) is 24.1 Å². The minimum atomic E-state index is -0.714. The Hall–Kier alpha value is -2.97. The van der Waals surface area contributed by atoms with Crippen LogP contribution in [0.25, 0.3) is 5.65 Å². The van der Waals surface area contributed by atoms with E-state index in [1.807, 2.05) is 6.92 Å². The molecule has 0 bridgehead atoms. The van der Waals surface area contributed by atoms with Gasteiger partial charge in [0, 0.05) is 25.3 Å². The number of carbonyl (C=O) groups excluding carboxylic acids is 1. The molecule has 1 aliphatic rings. The summed E-state index contributed by atoms with van der Waals surface area (Å²) in [7, 11) is 0. The molecule has 1 fully saturated rings. The highest BCUT2D eigenvalue weighted by atomic mass is 16.6. The number of piperidine rings is 1. The average molecular weight is 387 g/mol. The minimum absolute atomic E-state index is 0.0420. The van der Waals surface area contributed by atoms with E-state index < -0.39 is 16.2 Å². The van der Waals surface area contributed by atoms with Crippen LogP contribution in [0.3, 0.4) is 0 Å². The Morgan fingerprint density at radius 1 is 1.46 bits per heavy atom. The molecule has 0 aliphatic carbocycles. The zero-order chi connectivity index (χ0) is 20.3. The standard InChI is InChI=1S/C19H25N5O4/c1-3-7-13(2)20-18(25)14-8-6-10-22(12-14)17-16(24(27)28)19(26)23-11-5-4-9-15(23)21-17/h4-5,9,11,13-14H,3,6-8,10,12H2,1-2H3,(H,20,25). The molecule has 1 amide bonds. The normalized spacial score (nSPS) is 18.1. The van der Waals surface area contributed by atoms with E-state index in [0.29, 0.717) is 31.6 Å². The van der Waals surface area contributed by atoms with Crippen LogP contribution in [-0.2, 0) is 4.79 Å². The zero-order valence-electron chi connectivity index (χ0n) is 16.1. The molecule has 9 heteroatoms. The first-order valence-corrected chi connectivity index (χ1v) is 9.63. The molecule has 3 heterocycles. The topological polar surface area (TPSA) is 110 Å². The molecule has 2 unspecified atom stereocenters. The van der Waals surface area contributed by atoms with Gasteiger partial charge in [0.2, 0.25) is 11.7 Å². The van der Waals surface area contributed by atoms with E-state index in [-0.39, 0.29) is 23.7 Å². The van der Waals surface area contributed by atoms with Gasteiger partial charge < -0.3 is 10.2 Å². The summed E-state index contributed by atoms with van der Waals surface area (Å²) in [5, 5.41) is 14.6. The summed E-state index contributed by atoms with van der Waals surface area (Å²) in [6.07, 6.45) is 4.75. The Labute approximate surface area is 162 Å². The molecule has 1 aliphatic heterocycles. The quantitative estimate of drug-likeness (QED) is 0.601. The number of nitrogens with one attached hydrogen (secondary N) is 1. The molecule has 150 valence electrons. The summed E-state index contributed by atoms with van der Waals surface area (Å²) in [5.41, 5.74) is -0.922. The largest absolute Gasteiger partial charge is 0.376 e. The molecular weight excluding hydrogens is 362 g/mol. The van der Waals surface area contributed by atoms with Gasteiger partial charge >= 0.3 is 11.2 Å². The molecule has 0 aromatic carbocycles. The highest BCUT2D eigenvalue weighted by Crippen LogP contribution is 2.28. The number of carbonyl (C=O) groups is 1. The van der Waals surface area contributed by atoms with Crippen LogP contribution in [0.1, 0.15) is 39.5 Å². The van der Waals surface area contributed by atoms with Gasteiger partial charge in [-0.2, -0.15) is 0 Å². The van der Waals surface area contributed by atoms with Crippen LogP contribution < -0.4 is 15.8 Å². The van der Waals surface area contributed by atoms with E-state index in [2.05, 4.69) is 17.2 Å². The number of rotatable bonds is 6. The Kier molecular flexibility index (Phi) is 5.91. The van der Waals surface area contributed by atoms with Gasteiger partial charge in [-0.25, -0.2) is 4.98 Å². The lowest BCUT2D eigenvalue weighted by molar-refractivity contribution is -0.385. The van der Waals surface area contributed by atoms with Crippen LogP contribution in [0.4, 0.5) is 11.5 Å². The van der Waals surface area contributed by atoms with Gasteiger partial charge in [-0.15, -0.1) is 0 Å². The summed E-state index contributed by atoms with van der Waals surface area (Å²) in [4.78, 5) is 42.2. The maximum Gasteiger partial charge on any atom is 0.376 e. The summed E-state index contributed by atoms with van der Waals surface area (Å²) in [6, 6.07) is 5.07. The number of pyridine rings is 1. The van der Waals surface area contributed by atoms with Crippen LogP contribution in [0.2, 0.25) is 0 Å². The summed E-state index contributed by atoms with van der Waals surface area (Å²) in [6.45, 7) is 4.86. The summed E-state index contributed by atoms with van der Waals surface area (Å²) >= 11 is 0. The smallest absolute Gasteiger partial charge is 0.353 e. The van der Waals surface area contributed by atoms with E-state index in [4.69, 9.17) is 0 Å². The van der Waals surface area contributed by atoms with E-state index in [0.717, 1.165) is 12.8 Å². The van der Waals surface area contributed by atoms with E-state index in [1.54, 1.807) is 23.1 Å². The highest BCUT2D eigenvalue weighted by Gasteiger charge is 2.33. The lowest BCUT2D eigenvalue weighted by atomic mass is 9.96. The maximum atomic E-state index is 12.6. The first-order valence-electron chi connectivity index (χ1n) is 9.63. The molecule has 0 radical (unpaired) electrons. The SMILES string of the molecule is CCCC(C)NC(=O)C1CCCN(c2nc3ccccn3c(=O)c2[N+](=O)[O-])C1. The number of hydrogen-bond acceptors (Lipinski definition) is 6. The van der Waals surface area contributed by atoms with Gasteiger partial charge in [-0.1, -0.05) is 19.4 Å². The Morgan fingerprint density at radius 3 is 2.96 bits per heavy atom. The predicted molar refractivity (Wildman–Crippen MR) is 106 cm³/mol. The molecule has 2 atom stereocenters. The fourth-order valence-corrected chi connectivity index (χ4v) is 3.70. The highest BCUT2D eigenvalue weighted by molar-refractivity contribution is 5.80. The Bertz CT molecular complexity index is 942. The van der Waals surface area contributed by atoms with Crippen molar-refractivity contribution in [2.75, 3.05) is 18.0 Å². The molecule has 3 rings (SSSR count). The van der Waals surface area contributed by atoms with E-state index in [1.165, 1.54) is 10.6 Å². The van der Waals surface area contributed by atoms with Gasteiger partial charge in [0.1, 0.15) is 5.65 Å². The van der Waals surface area contributed by atoms with Crippen molar-refractivity contribution < 1.29 is 9.72 Å². The fourth-order valence-electron chi connectivity index (χ4n) is 3.70. The summed E-state index contributed by atoms with van der Waals surface area (Å²) < 4.78 is 1.17. The van der Waals surface area contributed by atoms with Crippen LogP contribution in [0, 0.1) is 16.0 Å². The third kappa shape index (κ3) is 3.97. The first-order chi connectivity index (χ1) is 13.4. The van der Waals surface area contributed by atoms with Crippen molar-refractivity contribution >= 4 is 23.1 Å². The molecular formula is C19H25N5O4. The van der Waals surface area contributed by atoms with Gasteiger partial charge in [-0.05, 0) is 38.3 Å². The zero-order valence-corrected chi connectivity index (χ0v) is 16.1. The molecule has 0 spiro atoms. The number of nitro groups is 1. The fraction of sp³-hybridized carbons (Fsp3) is 0.526. The third-order valence-corrected chi connectivity index (χ3v) is 5.08. The summed E-state index contributed by atoms with van der Waals surface area (Å²) in [5.74, 6) is -0.296. The van der Waals surface area contributed by atoms with Crippen molar-refractivity contribution in [3.63, 3.8) is 0 Å². The van der Waals surface area contributed by atoms with Crippen LogP contribution in [0.5, 0.6) is 0 Å². The van der Waals surface area contributed by atoms with Gasteiger partial charge in [0.05, 0.1) is 10.8 Å². The van der Waals surface area contributed by atoms with Crippen molar-refractivity contribution in [1.82, 2.24) is 14.7 Å². The molecule has 1 N–H and O–H groups in total. The second-order valence-corrected chi connectivity index (χ2v) is 7.26. The van der Waals surface area contributed by atoms with Crippen LogP contribution >= 0.6 is 0 Å². The molecule has 28 heavy (non-hydrogen) atoms. The van der Waals surface area contributed by atoms with Crippen LogP contribution in [-0.4, -0.2) is 39.3 Å². The van der Waals surface area contributed by atoms with Crippen molar-refractivity contribution in [2.45, 2.75) is 45.6 Å². The second-order valence-electron chi connectivity index (χ2n) is 7.26. The third-order valence-electron chi connectivity index (χ3n) is 5.08. The predicted octanol–water partition coefficient (Wildman–Crippen LogP) is 2.12. The number of amides is 1. The lowest BCUT2D eigenvalue weighted by Gasteiger charge is -2.33. The van der Waals surface area contributed by atoms with Crippen LogP contribution in [0.15, 0.2) is 29.2 Å². The number of fused-ring (bicyclic) bond motifs is 1. The van der Waals surface area contributed by atoms with Crippen molar-refractivity contribution in [3.8, 4) is 0 Å². The Balaban J connectivity index is 1.91.